The summed E-state index contributed by atoms with van der Waals surface area (Å²) in [7, 11) is 1.72. The molecule has 3 heterocycles. The number of carbonyl (C=O) groups excluding carboxylic acids is 1. The van der Waals surface area contributed by atoms with Gasteiger partial charge in [0.05, 0.1) is 11.7 Å². The van der Waals surface area contributed by atoms with E-state index in [2.05, 4.69) is 20.5 Å². The van der Waals surface area contributed by atoms with Gasteiger partial charge in [-0.05, 0) is 30.7 Å². The molecule has 0 bridgehead atoms. The van der Waals surface area contributed by atoms with Crippen LogP contribution in [0.15, 0.2) is 53.5 Å². The molecule has 0 unspecified atom stereocenters. The third-order valence-electron chi connectivity index (χ3n) is 4.57. The summed E-state index contributed by atoms with van der Waals surface area (Å²) < 4.78 is 16.3. The molecule has 0 aliphatic carbocycles. The highest BCUT2D eigenvalue weighted by Crippen LogP contribution is 2.19. The van der Waals surface area contributed by atoms with Gasteiger partial charge in [-0.1, -0.05) is 12.1 Å². The maximum atomic E-state index is 13.4. The summed E-state index contributed by atoms with van der Waals surface area (Å²) >= 11 is 0. The predicted molar refractivity (Wildman–Crippen MR) is 104 cm³/mol. The van der Waals surface area contributed by atoms with Crippen LogP contribution in [0.3, 0.4) is 0 Å². The van der Waals surface area contributed by atoms with E-state index in [1.807, 2.05) is 6.92 Å². The van der Waals surface area contributed by atoms with Gasteiger partial charge < -0.3 is 5.32 Å². The van der Waals surface area contributed by atoms with Crippen molar-refractivity contribution in [3.8, 4) is 0 Å². The SMILES string of the molecule is Cc1cc2nc(C[C@@H](NC(=O)c3ccn(C)n3)c3ccc(F)cc3)cc(=O)n2[nH]1. The van der Waals surface area contributed by atoms with Gasteiger partial charge in [0.25, 0.3) is 11.5 Å². The Labute approximate surface area is 165 Å². The molecule has 9 heteroatoms. The van der Waals surface area contributed by atoms with Gasteiger partial charge in [0.15, 0.2) is 5.65 Å². The Kier molecular flexibility index (Phi) is 4.71. The number of carbonyl (C=O) groups is 1. The molecule has 4 aromatic rings. The summed E-state index contributed by atoms with van der Waals surface area (Å²) in [5.41, 5.74) is 2.55. The Balaban J connectivity index is 1.67. The van der Waals surface area contributed by atoms with E-state index in [9.17, 15) is 14.0 Å². The van der Waals surface area contributed by atoms with E-state index in [1.54, 1.807) is 37.5 Å². The Bertz CT molecular complexity index is 1240. The van der Waals surface area contributed by atoms with Crippen LogP contribution in [-0.4, -0.2) is 30.3 Å². The molecule has 1 amide bonds. The van der Waals surface area contributed by atoms with Gasteiger partial charge in [-0.25, -0.2) is 13.9 Å². The van der Waals surface area contributed by atoms with Gasteiger partial charge in [-0.2, -0.15) is 5.10 Å². The lowest BCUT2D eigenvalue weighted by molar-refractivity contribution is 0.0930. The molecular weight excluding hydrogens is 375 g/mol. The van der Waals surface area contributed by atoms with Crippen LogP contribution in [-0.2, 0) is 13.5 Å². The van der Waals surface area contributed by atoms with Gasteiger partial charge in [-0.15, -0.1) is 0 Å². The second-order valence-corrected chi connectivity index (χ2v) is 6.87. The van der Waals surface area contributed by atoms with Crippen molar-refractivity contribution >= 4 is 11.6 Å². The van der Waals surface area contributed by atoms with Crippen LogP contribution in [0, 0.1) is 12.7 Å². The van der Waals surface area contributed by atoms with E-state index < -0.39 is 6.04 Å². The smallest absolute Gasteiger partial charge is 0.272 e. The first kappa shape index (κ1) is 18.6. The van der Waals surface area contributed by atoms with E-state index in [0.29, 0.717) is 16.9 Å². The van der Waals surface area contributed by atoms with Gasteiger partial charge in [-0.3, -0.25) is 19.4 Å². The van der Waals surface area contributed by atoms with Crippen LogP contribution in [0.1, 0.15) is 33.5 Å². The molecule has 4 rings (SSSR count). The number of aromatic amines is 1. The molecule has 0 saturated carbocycles. The normalized spacial score (nSPS) is 12.2. The van der Waals surface area contributed by atoms with Crippen molar-refractivity contribution in [2.45, 2.75) is 19.4 Å². The number of hydrogen-bond acceptors (Lipinski definition) is 4. The first-order valence-corrected chi connectivity index (χ1v) is 9.03. The zero-order valence-electron chi connectivity index (χ0n) is 15.9. The van der Waals surface area contributed by atoms with Crippen LogP contribution in [0.4, 0.5) is 4.39 Å². The number of nitrogens with zero attached hydrogens (tertiary/aromatic N) is 4. The van der Waals surface area contributed by atoms with Crippen molar-refractivity contribution in [1.82, 2.24) is 29.7 Å². The monoisotopic (exact) mass is 394 g/mol. The molecule has 0 spiro atoms. The molecular formula is C20H19FN6O2. The number of nitrogens with one attached hydrogen (secondary N) is 2. The molecule has 0 saturated heterocycles. The molecule has 8 nitrogen and oxygen atoms in total. The second kappa shape index (κ2) is 7.34. The van der Waals surface area contributed by atoms with E-state index in [-0.39, 0.29) is 29.4 Å². The summed E-state index contributed by atoms with van der Waals surface area (Å²) in [6.45, 7) is 1.84. The van der Waals surface area contributed by atoms with Gasteiger partial charge in [0, 0.05) is 37.5 Å². The molecule has 2 N–H and O–H groups in total. The number of halogens is 1. The lowest BCUT2D eigenvalue weighted by Crippen LogP contribution is -2.31. The molecule has 0 fully saturated rings. The van der Waals surface area contributed by atoms with Gasteiger partial charge in [0.2, 0.25) is 0 Å². The maximum absolute atomic E-state index is 13.4. The minimum absolute atomic E-state index is 0.244. The van der Waals surface area contributed by atoms with Crippen LogP contribution < -0.4 is 10.9 Å². The van der Waals surface area contributed by atoms with Crippen LogP contribution in [0.5, 0.6) is 0 Å². The lowest BCUT2D eigenvalue weighted by Gasteiger charge is -2.18. The Morgan fingerprint density at radius 1 is 1.24 bits per heavy atom. The number of H-pyrrole nitrogens is 1. The third-order valence-corrected chi connectivity index (χ3v) is 4.57. The average molecular weight is 394 g/mol. The Morgan fingerprint density at radius 3 is 2.69 bits per heavy atom. The molecule has 1 atom stereocenters. The minimum atomic E-state index is -0.514. The number of amides is 1. The number of fused-ring (bicyclic) bond motifs is 1. The summed E-state index contributed by atoms with van der Waals surface area (Å²) in [4.78, 5) is 29.5. The van der Waals surface area contributed by atoms with Crippen molar-refractivity contribution in [2.75, 3.05) is 0 Å². The van der Waals surface area contributed by atoms with Crippen molar-refractivity contribution < 1.29 is 9.18 Å². The van der Waals surface area contributed by atoms with E-state index in [0.717, 1.165) is 5.69 Å². The molecule has 1 aromatic carbocycles. The average Bonchev–Trinajstić information content (AvgIpc) is 3.27. The minimum Gasteiger partial charge on any atom is -0.343 e. The highest BCUT2D eigenvalue weighted by Gasteiger charge is 2.19. The van der Waals surface area contributed by atoms with Gasteiger partial charge >= 0.3 is 0 Å². The molecule has 0 aliphatic rings. The van der Waals surface area contributed by atoms with Crippen LogP contribution >= 0.6 is 0 Å². The lowest BCUT2D eigenvalue weighted by atomic mass is 10.0. The standard InChI is InChI=1S/C20H19FN6O2/c1-12-9-18-22-15(11-19(28)27(18)24-12)10-17(13-3-5-14(21)6-4-13)23-20(29)16-7-8-26(2)25-16/h3-9,11,17,24H,10H2,1-2H3,(H,23,29)/t17-/m1/s1. The van der Waals surface area contributed by atoms with E-state index in [1.165, 1.54) is 27.4 Å². The zero-order chi connectivity index (χ0) is 20.5. The first-order valence-electron chi connectivity index (χ1n) is 9.03. The fraction of sp³-hybridized carbons (Fsp3) is 0.200. The Morgan fingerprint density at radius 2 is 2.00 bits per heavy atom. The quantitative estimate of drug-likeness (QED) is 0.540. The summed E-state index contributed by atoms with van der Waals surface area (Å²) in [5, 5.41) is 9.94. The second-order valence-electron chi connectivity index (χ2n) is 6.87. The third kappa shape index (κ3) is 3.93. The zero-order valence-corrected chi connectivity index (χ0v) is 15.9. The van der Waals surface area contributed by atoms with Crippen molar-refractivity contribution in [1.29, 1.82) is 0 Å². The van der Waals surface area contributed by atoms with Crippen LogP contribution in [0.25, 0.3) is 5.65 Å². The fourth-order valence-electron chi connectivity index (χ4n) is 3.19. The fourth-order valence-corrected chi connectivity index (χ4v) is 3.19. The molecule has 148 valence electrons. The van der Waals surface area contributed by atoms with Gasteiger partial charge in [0.1, 0.15) is 11.5 Å². The number of hydrogen-bond donors (Lipinski definition) is 2. The molecule has 29 heavy (non-hydrogen) atoms. The molecule has 0 aliphatic heterocycles. The summed E-state index contributed by atoms with van der Waals surface area (Å²) in [6, 6.07) is 10.1. The summed E-state index contributed by atoms with van der Waals surface area (Å²) in [6.07, 6.45) is 1.94. The topological polar surface area (TPSA) is 97.1 Å². The number of rotatable bonds is 5. The van der Waals surface area contributed by atoms with E-state index in [4.69, 9.17) is 0 Å². The van der Waals surface area contributed by atoms with Crippen molar-refractivity contribution in [2.24, 2.45) is 7.05 Å². The maximum Gasteiger partial charge on any atom is 0.272 e. The largest absolute Gasteiger partial charge is 0.343 e. The molecule has 0 radical (unpaired) electrons. The summed E-state index contributed by atoms with van der Waals surface area (Å²) in [5.74, 6) is -0.737. The number of benzene rings is 1. The number of aromatic nitrogens is 5. The Hall–Kier alpha value is -3.75. The first-order chi connectivity index (χ1) is 13.9. The van der Waals surface area contributed by atoms with Crippen LogP contribution in [0.2, 0.25) is 0 Å². The van der Waals surface area contributed by atoms with E-state index >= 15 is 0 Å². The highest BCUT2D eigenvalue weighted by molar-refractivity contribution is 5.92. The predicted octanol–water partition coefficient (Wildman–Crippen LogP) is 1.92. The molecule has 3 aromatic heterocycles. The number of aryl methyl sites for hydroxylation is 2. The van der Waals surface area contributed by atoms with Crippen molar-refractivity contribution in [3.05, 3.63) is 87.5 Å². The highest BCUT2D eigenvalue weighted by atomic mass is 19.1. The van der Waals surface area contributed by atoms with Crippen molar-refractivity contribution in [3.63, 3.8) is 0 Å².